The van der Waals surface area contributed by atoms with Gasteiger partial charge in [0.25, 0.3) is 0 Å². The van der Waals surface area contributed by atoms with E-state index in [0.29, 0.717) is 18.4 Å². The normalized spacial score (nSPS) is 27.4. The molecule has 1 amide bonds. The zero-order valence-electron chi connectivity index (χ0n) is 13.8. The number of hydrogen-bond acceptors (Lipinski definition) is 3. The number of carbonyl (C=O) groups excluding carboxylic acids is 1. The number of carboxylic acids is 1. The first-order valence-electron chi connectivity index (χ1n) is 8.13. The largest absolute Gasteiger partial charge is 0.480 e. The smallest absolute Gasteiger partial charge is 0.317 e. The van der Waals surface area contributed by atoms with Gasteiger partial charge in [-0.3, -0.25) is 14.5 Å². The van der Waals surface area contributed by atoms with E-state index < -0.39 is 12.0 Å². The Morgan fingerprint density at radius 2 is 2.00 bits per heavy atom. The predicted molar refractivity (Wildman–Crippen MR) is 83.1 cm³/mol. The SMILES string of the molecule is CCCN(CC(=O)O)C(C)C(=O)NC1CCCC(C)C1C. The number of carboxylic acid groups (broad SMARTS) is 1. The molecule has 1 fully saturated rings. The highest BCUT2D eigenvalue weighted by atomic mass is 16.4. The Hall–Kier alpha value is -1.10. The van der Waals surface area contributed by atoms with Crippen LogP contribution < -0.4 is 5.32 Å². The monoisotopic (exact) mass is 298 g/mol. The van der Waals surface area contributed by atoms with Crippen LogP contribution in [0.4, 0.5) is 0 Å². The Balaban J connectivity index is 2.61. The van der Waals surface area contributed by atoms with Gasteiger partial charge in [-0.05, 0) is 38.1 Å². The zero-order valence-corrected chi connectivity index (χ0v) is 13.8. The van der Waals surface area contributed by atoms with E-state index in [-0.39, 0.29) is 18.5 Å². The second kappa shape index (κ2) is 8.37. The van der Waals surface area contributed by atoms with Crippen LogP contribution in [0.1, 0.15) is 53.4 Å². The van der Waals surface area contributed by atoms with Crippen LogP contribution in [0.15, 0.2) is 0 Å². The molecule has 21 heavy (non-hydrogen) atoms. The number of nitrogens with one attached hydrogen (secondary N) is 1. The molecule has 2 N–H and O–H groups in total. The minimum absolute atomic E-state index is 0.0457. The summed E-state index contributed by atoms with van der Waals surface area (Å²) < 4.78 is 0. The summed E-state index contributed by atoms with van der Waals surface area (Å²) >= 11 is 0. The van der Waals surface area contributed by atoms with Crippen LogP contribution in [-0.2, 0) is 9.59 Å². The maximum Gasteiger partial charge on any atom is 0.317 e. The molecule has 0 radical (unpaired) electrons. The van der Waals surface area contributed by atoms with E-state index in [1.54, 1.807) is 11.8 Å². The van der Waals surface area contributed by atoms with Crippen LogP contribution in [0.5, 0.6) is 0 Å². The molecule has 0 heterocycles. The Morgan fingerprint density at radius 1 is 1.33 bits per heavy atom. The molecular weight excluding hydrogens is 268 g/mol. The molecule has 1 aliphatic rings. The van der Waals surface area contributed by atoms with Crippen LogP contribution in [0, 0.1) is 11.8 Å². The lowest BCUT2D eigenvalue weighted by Crippen LogP contribution is -2.52. The number of amides is 1. The second-order valence-electron chi connectivity index (χ2n) is 6.42. The third-order valence-corrected chi connectivity index (χ3v) is 4.81. The lowest BCUT2D eigenvalue weighted by atomic mass is 9.78. The van der Waals surface area contributed by atoms with Crippen molar-refractivity contribution in [1.82, 2.24) is 10.2 Å². The van der Waals surface area contributed by atoms with E-state index in [1.165, 1.54) is 6.42 Å². The van der Waals surface area contributed by atoms with Crippen LogP contribution in [0.3, 0.4) is 0 Å². The molecule has 5 nitrogen and oxygen atoms in total. The van der Waals surface area contributed by atoms with Gasteiger partial charge in [0.1, 0.15) is 0 Å². The Bertz CT molecular complexity index is 359. The lowest BCUT2D eigenvalue weighted by Gasteiger charge is -2.36. The van der Waals surface area contributed by atoms with Gasteiger partial charge < -0.3 is 10.4 Å². The van der Waals surface area contributed by atoms with Crippen LogP contribution >= 0.6 is 0 Å². The van der Waals surface area contributed by atoms with E-state index in [4.69, 9.17) is 5.11 Å². The molecule has 0 aromatic carbocycles. The first-order valence-corrected chi connectivity index (χ1v) is 8.13. The molecule has 5 heteroatoms. The standard InChI is InChI=1S/C16H30N2O3/c1-5-9-18(10-15(19)20)13(4)16(21)17-14-8-6-7-11(2)12(14)3/h11-14H,5-10H2,1-4H3,(H,17,21)(H,19,20). The Labute approximate surface area is 128 Å². The van der Waals surface area contributed by atoms with Gasteiger partial charge in [-0.1, -0.05) is 33.6 Å². The molecule has 0 spiro atoms. The van der Waals surface area contributed by atoms with Crippen molar-refractivity contribution in [2.75, 3.05) is 13.1 Å². The van der Waals surface area contributed by atoms with Crippen molar-refractivity contribution in [3.8, 4) is 0 Å². The van der Waals surface area contributed by atoms with Crippen molar-refractivity contribution < 1.29 is 14.7 Å². The Morgan fingerprint density at radius 3 is 2.57 bits per heavy atom. The summed E-state index contributed by atoms with van der Waals surface area (Å²) in [5.41, 5.74) is 0. The van der Waals surface area contributed by atoms with Gasteiger partial charge in [0.2, 0.25) is 5.91 Å². The fraction of sp³-hybridized carbons (Fsp3) is 0.875. The molecule has 0 aromatic rings. The van der Waals surface area contributed by atoms with Crippen LogP contribution in [0.2, 0.25) is 0 Å². The first kappa shape index (κ1) is 18.0. The highest BCUT2D eigenvalue weighted by molar-refractivity contribution is 5.82. The summed E-state index contributed by atoms with van der Waals surface area (Å²) in [6, 6.07) is -0.178. The van der Waals surface area contributed by atoms with E-state index in [9.17, 15) is 9.59 Å². The highest BCUT2D eigenvalue weighted by Crippen LogP contribution is 2.29. The Kier molecular flexibility index (Phi) is 7.15. The molecule has 0 saturated heterocycles. The highest BCUT2D eigenvalue weighted by Gasteiger charge is 2.30. The molecular formula is C16H30N2O3. The summed E-state index contributed by atoms with van der Waals surface area (Å²) in [6.07, 6.45) is 4.24. The number of hydrogen-bond donors (Lipinski definition) is 2. The van der Waals surface area contributed by atoms with Gasteiger partial charge in [0.15, 0.2) is 0 Å². The molecule has 4 unspecified atom stereocenters. The first-order chi connectivity index (χ1) is 9.86. The van der Waals surface area contributed by atoms with Crippen LogP contribution in [-0.4, -0.2) is 47.1 Å². The summed E-state index contributed by atoms with van der Waals surface area (Å²) in [5.74, 6) is 0.178. The average Bonchev–Trinajstić information content (AvgIpc) is 2.42. The molecule has 122 valence electrons. The van der Waals surface area contributed by atoms with Gasteiger partial charge >= 0.3 is 5.97 Å². The molecule has 0 aromatic heterocycles. The molecule has 0 bridgehead atoms. The van der Waals surface area contributed by atoms with Gasteiger partial charge in [-0.25, -0.2) is 0 Å². The topological polar surface area (TPSA) is 69.6 Å². The quantitative estimate of drug-likeness (QED) is 0.755. The van der Waals surface area contributed by atoms with Crippen molar-refractivity contribution in [3.05, 3.63) is 0 Å². The van der Waals surface area contributed by atoms with Crippen molar-refractivity contribution in [1.29, 1.82) is 0 Å². The molecule has 1 rings (SSSR count). The lowest BCUT2D eigenvalue weighted by molar-refractivity contribution is -0.140. The second-order valence-corrected chi connectivity index (χ2v) is 6.42. The summed E-state index contributed by atoms with van der Waals surface area (Å²) in [7, 11) is 0. The average molecular weight is 298 g/mol. The summed E-state index contributed by atoms with van der Waals surface area (Å²) in [6.45, 7) is 8.76. The number of nitrogens with zero attached hydrogens (tertiary/aromatic N) is 1. The van der Waals surface area contributed by atoms with E-state index in [0.717, 1.165) is 19.3 Å². The van der Waals surface area contributed by atoms with Gasteiger partial charge in [-0.2, -0.15) is 0 Å². The maximum absolute atomic E-state index is 12.4. The molecule has 1 aliphatic carbocycles. The zero-order chi connectivity index (χ0) is 16.0. The fourth-order valence-corrected chi connectivity index (χ4v) is 3.13. The predicted octanol–water partition coefficient (Wildman–Crippen LogP) is 2.11. The van der Waals surface area contributed by atoms with Gasteiger partial charge in [0.05, 0.1) is 12.6 Å². The third kappa shape index (κ3) is 5.30. The molecule has 0 aliphatic heterocycles. The van der Waals surface area contributed by atoms with Gasteiger partial charge in [0, 0.05) is 6.04 Å². The number of rotatable bonds is 7. The van der Waals surface area contributed by atoms with Crippen molar-refractivity contribution in [2.45, 2.75) is 65.5 Å². The van der Waals surface area contributed by atoms with Crippen LogP contribution in [0.25, 0.3) is 0 Å². The van der Waals surface area contributed by atoms with E-state index in [2.05, 4.69) is 19.2 Å². The van der Waals surface area contributed by atoms with Crippen molar-refractivity contribution in [3.63, 3.8) is 0 Å². The van der Waals surface area contributed by atoms with Crippen molar-refractivity contribution >= 4 is 11.9 Å². The minimum atomic E-state index is -0.886. The summed E-state index contributed by atoms with van der Waals surface area (Å²) in [4.78, 5) is 25.1. The fourth-order valence-electron chi connectivity index (χ4n) is 3.13. The number of carbonyl (C=O) groups is 2. The van der Waals surface area contributed by atoms with Gasteiger partial charge in [-0.15, -0.1) is 0 Å². The minimum Gasteiger partial charge on any atom is -0.480 e. The van der Waals surface area contributed by atoms with E-state index >= 15 is 0 Å². The summed E-state index contributed by atoms with van der Waals surface area (Å²) in [5, 5.41) is 12.1. The maximum atomic E-state index is 12.4. The third-order valence-electron chi connectivity index (χ3n) is 4.81. The molecule has 4 atom stereocenters. The number of aliphatic carboxylic acids is 1. The van der Waals surface area contributed by atoms with Crippen molar-refractivity contribution in [2.24, 2.45) is 11.8 Å². The molecule has 1 saturated carbocycles. The van der Waals surface area contributed by atoms with E-state index in [1.807, 2.05) is 6.92 Å².